The van der Waals surface area contributed by atoms with Gasteiger partial charge in [0.25, 0.3) is 5.91 Å². The maximum absolute atomic E-state index is 13.1. The second-order valence-corrected chi connectivity index (χ2v) is 9.29. The van der Waals surface area contributed by atoms with E-state index in [0.29, 0.717) is 35.2 Å². The molecule has 0 aliphatic carbocycles. The molecular weight excluding hydrogens is 527 g/mol. The molecule has 38 heavy (non-hydrogen) atoms. The lowest BCUT2D eigenvalue weighted by molar-refractivity contribution is -0.125. The summed E-state index contributed by atoms with van der Waals surface area (Å²) in [5, 5.41) is 3.65. The lowest BCUT2D eigenvalue weighted by atomic mass is 10.1. The van der Waals surface area contributed by atoms with Gasteiger partial charge in [-0.25, -0.2) is 4.79 Å². The zero-order chi connectivity index (χ0) is 27.5. The molecule has 1 radical (unpaired) electrons. The van der Waals surface area contributed by atoms with Crippen LogP contribution in [0, 0.1) is 6.42 Å². The Morgan fingerprint density at radius 2 is 1.50 bits per heavy atom. The number of hydrogen-bond donors (Lipinski definition) is 3. The summed E-state index contributed by atoms with van der Waals surface area (Å²) in [5.41, 5.74) is 14.3. The van der Waals surface area contributed by atoms with E-state index in [4.69, 9.17) is 39.4 Å². The molecule has 0 saturated carbocycles. The van der Waals surface area contributed by atoms with Gasteiger partial charge in [0.1, 0.15) is 5.75 Å². The number of nitrogens with two attached hydrogens (primary N) is 2. The molecule has 5 N–H and O–H groups in total. The normalized spacial score (nSPS) is 10.6. The van der Waals surface area contributed by atoms with Gasteiger partial charge in [0.2, 0.25) is 5.91 Å². The zero-order valence-corrected chi connectivity index (χ0v) is 22.2. The summed E-state index contributed by atoms with van der Waals surface area (Å²) < 4.78 is 5.25. The van der Waals surface area contributed by atoms with Gasteiger partial charge in [0.15, 0.2) is 6.61 Å². The number of carbonyl (C=O) groups is 3. The van der Waals surface area contributed by atoms with E-state index in [2.05, 4.69) is 5.32 Å². The molecule has 0 fully saturated rings. The molecule has 199 valence electrons. The number of primary amides is 1. The van der Waals surface area contributed by atoms with Crippen LogP contribution in [0.4, 0.5) is 4.79 Å². The van der Waals surface area contributed by atoms with Gasteiger partial charge in [-0.2, -0.15) is 0 Å². The molecule has 0 spiro atoms. The Kier molecular flexibility index (Phi) is 11.0. The first-order valence-electron chi connectivity index (χ1n) is 11.9. The van der Waals surface area contributed by atoms with Crippen LogP contribution in [0.15, 0.2) is 66.7 Å². The lowest BCUT2D eigenvalue weighted by Gasteiger charge is -2.22. The first kappa shape index (κ1) is 29.0. The van der Waals surface area contributed by atoms with E-state index in [1.165, 1.54) is 11.3 Å². The van der Waals surface area contributed by atoms with Gasteiger partial charge in [0, 0.05) is 19.6 Å². The van der Waals surface area contributed by atoms with E-state index in [0.717, 1.165) is 22.3 Å². The number of imide groups is 1. The zero-order valence-electron chi connectivity index (χ0n) is 20.7. The molecule has 0 aliphatic rings. The molecule has 8 nitrogen and oxygen atoms in total. The quantitative estimate of drug-likeness (QED) is 0.310. The number of nitrogens with one attached hydrogen (secondary N) is 1. The van der Waals surface area contributed by atoms with Gasteiger partial charge in [-0.05, 0) is 59.4 Å². The number of benzene rings is 3. The maximum Gasteiger partial charge on any atom is 0.324 e. The minimum Gasteiger partial charge on any atom is -0.484 e. The first-order valence-corrected chi connectivity index (χ1v) is 12.6. The SMILES string of the molecule is NCc1ccc(CNC(=O)N(CCc2ccc(Cl)c(Cl)c2)C(=O)[CH]Cc2ccc(OCC(N)=O)cc2)cc1. The molecule has 3 rings (SSSR count). The van der Waals surface area contributed by atoms with Crippen LogP contribution in [-0.2, 0) is 35.5 Å². The molecule has 0 aromatic heterocycles. The van der Waals surface area contributed by atoms with Gasteiger partial charge in [0.05, 0.1) is 16.5 Å². The summed E-state index contributed by atoms with van der Waals surface area (Å²) in [6, 6.07) is 19.1. The van der Waals surface area contributed by atoms with E-state index in [1.807, 2.05) is 24.3 Å². The first-order chi connectivity index (χ1) is 18.2. The highest BCUT2D eigenvalue weighted by molar-refractivity contribution is 6.42. The van der Waals surface area contributed by atoms with Gasteiger partial charge in [-0.15, -0.1) is 0 Å². The Hall–Kier alpha value is -3.59. The van der Waals surface area contributed by atoms with Crippen LogP contribution in [-0.4, -0.2) is 35.9 Å². The lowest BCUT2D eigenvalue weighted by Crippen LogP contribution is -2.45. The molecule has 0 aliphatic heterocycles. The number of urea groups is 1. The van der Waals surface area contributed by atoms with Crippen LogP contribution in [0.2, 0.25) is 10.0 Å². The van der Waals surface area contributed by atoms with Crippen LogP contribution in [0.3, 0.4) is 0 Å². The Labute approximate surface area is 231 Å². The average Bonchev–Trinajstić information content (AvgIpc) is 2.92. The van der Waals surface area contributed by atoms with Gasteiger partial charge in [-0.1, -0.05) is 65.7 Å². The summed E-state index contributed by atoms with van der Waals surface area (Å²) in [6.45, 7) is 0.616. The van der Waals surface area contributed by atoms with Crippen LogP contribution < -0.4 is 21.5 Å². The largest absolute Gasteiger partial charge is 0.484 e. The Bertz CT molecular complexity index is 1250. The van der Waals surface area contributed by atoms with Crippen LogP contribution in [0.1, 0.15) is 22.3 Å². The second kappa shape index (κ2) is 14.4. The highest BCUT2D eigenvalue weighted by atomic mass is 35.5. The van der Waals surface area contributed by atoms with Gasteiger partial charge < -0.3 is 21.5 Å². The van der Waals surface area contributed by atoms with Crippen molar-refractivity contribution in [3.8, 4) is 5.75 Å². The third-order valence-electron chi connectivity index (χ3n) is 5.64. The second-order valence-electron chi connectivity index (χ2n) is 8.47. The number of amides is 4. The molecule has 0 unspecified atom stereocenters. The van der Waals surface area contributed by atoms with Gasteiger partial charge >= 0.3 is 6.03 Å². The molecule has 10 heteroatoms. The van der Waals surface area contributed by atoms with Gasteiger partial charge in [-0.3, -0.25) is 14.5 Å². The fourth-order valence-corrected chi connectivity index (χ4v) is 3.83. The van der Waals surface area contributed by atoms with Crippen molar-refractivity contribution in [2.45, 2.75) is 25.9 Å². The van der Waals surface area contributed by atoms with Crippen molar-refractivity contribution in [2.75, 3.05) is 13.2 Å². The Morgan fingerprint density at radius 1 is 0.868 bits per heavy atom. The molecular formula is C28H29Cl2N4O4. The number of halogens is 2. The van der Waals surface area contributed by atoms with Crippen molar-refractivity contribution in [3.63, 3.8) is 0 Å². The number of nitrogens with zero attached hydrogens (tertiary/aromatic N) is 1. The van der Waals surface area contributed by atoms with E-state index >= 15 is 0 Å². The monoisotopic (exact) mass is 555 g/mol. The highest BCUT2D eigenvalue weighted by Gasteiger charge is 2.21. The fraction of sp³-hybridized carbons (Fsp3) is 0.214. The summed E-state index contributed by atoms with van der Waals surface area (Å²) in [4.78, 5) is 38.2. The van der Waals surface area contributed by atoms with E-state index in [-0.39, 0.29) is 19.7 Å². The highest BCUT2D eigenvalue weighted by Crippen LogP contribution is 2.23. The Morgan fingerprint density at radius 3 is 2.13 bits per heavy atom. The molecule has 0 bridgehead atoms. The predicted molar refractivity (Wildman–Crippen MR) is 148 cm³/mol. The van der Waals surface area contributed by atoms with Crippen molar-refractivity contribution < 1.29 is 19.1 Å². The summed E-state index contributed by atoms with van der Waals surface area (Å²) in [5.74, 6) is -0.518. The smallest absolute Gasteiger partial charge is 0.324 e. The number of rotatable bonds is 12. The standard InChI is InChI=1S/C28H29Cl2N4O4/c29-24-11-7-20(15-25(24)30)13-14-34(28(37)33-17-22-3-1-21(16-31)2-4-22)27(36)12-8-19-5-9-23(10-6-19)38-18-26(32)35/h1-7,9-12,15H,8,13-14,16-18,31H2,(H2,32,35)(H,33,37). The average molecular weight is 556 g/mol. The predicted octanol–water partition coefficient (Wildman–Crippen LogP) is 4.04. The van der Waals surface area contributed by atoms with Crippen LogP contribution >= 0.6 is 23.2 Å². The summed E-state index contributed by atoms with van der Waals surface area (Å²) in [6.07, 6.45) is 2.15. The summed E-state index contributed by atoms with van der Waals surface area (Å²) >= 11 is 12.1. The van der Waals surface area contributed by atoms with Crippen molar-refractivity contribution in [1.82, 2.24) is 10.2 Å². The van der Waals surface area contributed by atoms with E-state index in [1.54, 1.807) is 42.5 Å². The molecule has 0 heterocycles. The van der Waals surface area contributed by atoms with Crippen molar-refractivity contribution in [2.24, 2.45) is 11.5 Å². The minimum absolute atomic E-state index is 0.144. The van der Waals surface area contributed by atoms with Crippen LogP contribution in [0.5, 0.6) is 5.75 Å². The number of hydrogen-bond acceptors (Lipinski definition) is 5. The van der Waals surface area contributed by atoms with Crippen molar-refractivity contribution >= 4 is 41.0 Å². The third-order valence-corrected chi connectivity index (χ3v) is 6.38. The number of carbonyl (C=O) groups excluding carboxylic acids is 3. The van der Waals surface area contributed by atoms with Crippen molar-refractivity contribution in [1.29, 1.82) is 0 Å². The van der Waals surface area contributed by atoms with E-state index < -0.39 is 17.8 Å². The fourth-order valence-electron chi connectivity index (χ4n) is 3.51. The number of ether oxygens (including phenoxy) is 1. The molecule has 0 atom stereocenters. The Balaban J connectivity index is 1.64. The van der Waals surface area contributed by atoms with Crippen LogP contribution in [0.25, 0.3) is 0 Å². The minimum atomic E-state index is -0.570. The van der Waals surface area contributed by atoms with Crippen molar-refractivity contribution in [3.05, 3.63) is 105 Å². The molecule has 0 saturated heterocycles. The summed E-state index contributed by atoms with van der Waals surface area (Å²) in [7, 11) is 0. The third kappa shape index (κ3) is 9.06. The molecule has 4 amide bonds. The molecule has 3 aromatic carbocycles. The maximum atomic E-state index is 13.1. The molecule has 3 aromatic rings. The van der Waals surface area contributed by atoms with E-state index in [9.17, 15) is 14.4 Å². The topological polar surface area (TPSA) is 128 Å².